The summed E-state index contributed by atoms with van der Waals surface area (Å²) in [6, 6.07) is 1.63. The lowest BCUT2D eigenvalue weighted by molar-refractivity contribution is 0.137. The summed E-state index contributed by atoms with van der Waals surface area (Å²) in [4.78, 5) is 5.09. The number of nitrogens with zero attached hydrogens (tertiary/aromatic N) is 2. The first-order valence-corrected chi connectivity index (χ1v) is 8.33. The van der Waals surface area contributed by atoms with Gasteiger partial charge in [0.25, 0.3) is 0 Å². The number of piperidine rings is 1. The number of rotatable bonds is 6. The lowest BCUT2D eigenvalue weighted by Gasteiger charge is -2.36. The highest BCUT2D eigenvalue weighted by Crippen LogP contribution is 2.29. The maximum absolute atomic E-state index is 3.68. The zero-order valence-corrected chi connectivity index (χ0v) is 13.2. The van der Waals surface area contributed by atoms with Crippen LogP contribution in [0.3, 0.4) is 0 Å². The van der Waals surface area contributed by atoms with Gasteiger partial charge in [-0.3, -0.25) is 0 Å². The lowest BCUT2D eigenvalue weighted by Crippen LogP contribution is -2.43. The van der Waals surface area contributed by atoms with Crippen LogP contribution >= 0.6 is 0 Å². The van der Waals surface area contributed by atoms with E-state index in [0.717, 1.165) is 24.5 Å². The Morgan fingerprint density at radius 2 is 1.84 bits per heavy atom. The number of likely N-dealkylation sites (tertiary alicyclic amines) is 1. The fraction of sp³-hybridized carbons (Fsp3) is 1.00. The predicted octanol–water partition coefficient (Wildman–Crippen LogP) is 2.18. The van der Waals surface area contributed by atoms with Crippen molar-refractivity contribution in [3.05, 3.63) is 0 Å². The first kappa shape index (κ1) is 15.3. The molecule has 0 radical (unpaired) electrons. The van der Waals surface area contributed by atoms with Crippen LogP contribution in [0.2, 0.25) is 0 Å². The van der Waals surface area contributed by atoms with Crippen LogP contribution < -0.4 is 5.32 Å². The van der Waals surface area contributed by atoms with Crippen molar-refractivity contribution in [1.29, 1.82) is 0 Å². The molecule has 1 heterocycles. The minimum Gasteiger partial charge on any atom is -0.314 e. The van der Waals surface area contributed by atoms with Crippen LogP contribution in [-0.4, -0.2) is 62.2 Å². The third kappa shape index (κ3) is 4.44. The Morgan fingerprint density at radius 1 is 1.11 bits per heavy atom. The Balaban J connectivity index is 1.66. The first-order chi connectivity index (χ1) is 9.20. The highest BCUT2D eigenvalue weighted by Gasteiger charge is 2.27. The second-order valence-electron chi connectivity index (χ2n) is 6.68. The van der Waals surface area contributed by atoms with Gasteiger partial charge < -0.3 is 15.1 Å². The second-order valence-corrected chi connectivity index (χ2v) is 6.68. The van der Waals surface area contributed by atoms with E-state index in [1.807, 2.05) is 0 Å². The van der Waals surface area contributed by atoms with Crippen LogP contribution in [0.4, 0.5) is 0 Å². The third-order valence-electron chi connectivity index (χ3n) is 5.23. The first-order valence-electron chi connectivity index (χ1n) is 8.33. The molecular formula is C16H33N3. The molecule has 19 heavy (non-hydrogen) atoms. The van der Waals surface area contributed by atoms with Crippen molar-refractivity contribution >= 4 is 0 Å². The standard InChI is InChI=1S/C16H33N3/c1-4-17-16-7-5-6-14(16)8-11-19-12-9-15(10-13-19)18(2)3/h14-17H,4-13H2,1-3H3. The Morgan fingerprint density at radius 3 is 2.47 bits per heavy atom. The van der Waals surface area contributed by atoms with E-state index in [4.69, 9.17) is 0 Å². The second kappa shape index (κ2) is 7.61. The monoisotopic (exact) mass is 267 g/mol. The van der Waals surface area contributed by atoms with Crippen LogP contribution in [0.15, 0.2) is 0 Å². The zero-order valence-electron chi connectivity index (χ0n) is 13.2. The van der Waals surface area contributed by atoms with Gasteiger partial charge in [0.05, 0.1) is 0 Å². The van der Waals surface area contributed by atoms with E-state index >= 15 is 0 Å². The lowest BCUT2D eigenvalue weighted by atomic mass is 9.97. The van der Waals surface area contributed by atoms with E-state index in [9.17, 15) is 0 Å². The molecule has 2 fully saturated rings. The van der Waals surface area contributed by atoms with Crippen LogP contribution in [-0.2, 0) is 0 Å². The summed E-state index contributed by atoms with van der Waals surface area (Å²) in [5, 5.41) is 3.68. The smallest absolute Gasteiger partial charge is 0.0113 e. The fourth-order valence-electron chi connectivity index (χ4n) is 3.92. The Bertz CT molecular complexity index is 246. The van der Waals surface area contributed by atoms with Gasteiger partial charge in [0.2, 0.25) is 0 Å². The van der Waals surface area contributed by atoms with Crippen LogP contribution in [0.5, 0.6) is 0 Å². The van der Waals surface area contributed by atoms with Gasteiger partial charge >= 0.3 is 0 Å². The van der Waals surface area contributed by atoms with Crippen molar-refractivity contribution in [2.24, 2.45) is 5.92 Å². The van der Waals surface area contributed by atoms with Gasteiger partial charge in [-0.15, -0.1) is 0 Å². The van der Waals surface area contributed by atoms with Gasteiger partial charge in [0.15, 0.2) is 0 Å². The molecule has 112 valence electrons. The van der Waals surface area contributed by atoms with Crippen molar-refractivity contribution in [3.63, 3.8) is 0 Å². The van der Waals surface area contributed by atoms with Crippen molar-refractivity contribution in [3.8, 4) is 0 Å². The molecule has 1 N–H and O–H groups in total. The van der Waals surface area contributed by atoms with Gasteiger partial charge in [-0.2, -0.15) is 0 Å². The molecule has 1 saturated carbocycles. The molecule has 2 rings (SSSR count). The molecular weight excluding hydrogens is 234 g/mol. The molecule has 0 aromatic rings. The summed E-state index contributed by atoms with van der Waals surface area (Å²) in [6.45, 7) is 7.31. The number of nitrogens with one attached hydrogen (secondary N) is 1. The van der Waals surface area contributed by atoms with E-state index in [1.165, 1.54) is 58.2 Å². The summed E-state index contributed by atoms with van der Waals surface area (Å²) >= 11 is 0. The molecule has 3 heteroatoms. The van der Waals surface area contributed by atoms with Crippen molar-refractivity contribution < 1.29 is 0 Å². The van der Waals surface area contributed by atoms with Crippen molar-refractivity contribution in [1.82, 2.24) is 15.1 Å². The minimum absolute atomic E-state index is 0.810. The van der Waals surface area contributed by atoms with Gasteiger partial charge in [-0.25, -0.2) is 0 Å². The Labute approximate surface area is 119 Å². The van der Waals surface area contributed by atoms with E-state index in [0.29, 0.717) is 0 Å². The average molecular weight is 267 g/mol. The van der Waals surface area contributed by atoms with E-state index in [1.54, 1.807) is 0 Å². The summed E-state index contributed by atoms with van der Waals surface area (Å²) in [5.74, 6) is 0.937. The molecule has 2 aliphatic rings. The van der Waals surface area contributed by atoms with Crippen molar-refractivity contribution in [2.75, 3.05) is 40.3 Å². The Kier molecular flexibility index (Phi) is 6.11. The molecule has 1 saturated heterocycles. The van der Waals surface area contributed by atoms with Crippen LogP contribution in [0.25, 0.3) is 0 Å². The van der Waals surface area contributed by atoms with E-state index < -0.39 is 0 Å². The largest absolute Gasteiger partial charge is 0.314 e. The highest BCUT2D eigenvalue weighted by molar-refractivity contribution is 4.84. The number of hydrogen-bond acceptors (Lipinski definition) is 3. The third-order valence-corrected chi connectivity index (χ3v) is 5.23. The molecule has 0 aromatic carbocycles. The molecule has 2 unspecified atom stereocenters. The van der Waals surface area contributed by atoms with Crippen LogP contribution in [0.1, 0.15) is 45.4 Å². The maximum atomic E-state index is 3.68. The molecule has 0 amide bonds. The fourth-order valence-corrected chi connectivity index (χ4v) is 3.92. The van der Waals surface area contributed by atoms with Gasteiger partial charge in [0.1, 0.15) is 0 Å². The molecule has 0 aromatic heterocycles. The van der Waals surface area contributed by atoms with Crippen LogP contribution in [0, 0.1) is 5.92 Å². The zero-order chi connectivity index (χ0) is 13.7. The Hall–Kier alpha value is -0.120. The summed E-state index contributed by atoms with van der Waals surface area (Å²) in [6.07, 6.45) is 8.41. The normalized spacial score (nSPS) is 30.3. The molecule has 1 aliphatic carbocycles. The highest BCUT2D eigenvalue weighted by atomic mass is 15.2. The molecule has 0 spiro atoms. The topological polar surface area (TPSA) is 18.5 Å². The summed E-state index contributed by atoms with van der Waals surface area (Å²) in [5.41, 5.74) is 0. The van der Waals surface area contributed by atoms with Crippen molar-refractivity contribution in [2.45, 2.75) is 57.5 Å². The molecule has 1 aliphatic heterocycles. The SMILES string of the molecule is CCNC1CCCC1CCN1CCC(N(C)C)CC1. The molecule has 0 bridgehead atoms. The summed E-state index contributed by atoms with van der Waals surface area (Å²) in [7, 11) is 4.44. The average Bonchev–Trinajstić information content (AvgIpc) is 2.85. The predicted molar refractivity (Wildman–Crippen MR) is 82.6 cm³/mol. The molecule has 3 nitrogen and oxygen atoms in total. The maximum Gasteiger partial charge on any atom is 0.0113 e. The molecule has 2 atom stereocenters. The quantitative estimate of drug-likeness (QED) is 0.796. The van der Waals surface area contributed by atoms with Gasteiger partial charge in [-0.1, -0.05) is 13.3 Å². The van der Waals surface area contributed by atoms with E-state index in [-0.39, 0.29) is 0 Å². The van der Waals surface area contributed by atoms with Gasteiger partial charge in [0, 0.05) is 12.1 Å². The van der Waals surface area contributed by atoms with E-state index in [2.05, 4.69) is 36.1 Å². The minimum atomic E-state index is 0.810. The number of hydrogen-bond donors (Lipinski definition) is 1. The van der Waals surface area contributed by atoms with Gasteiger partial charge in [-0.05, 0) is 78.3 Å². The summed E-state index contributed by atoms with van der Waals surface area (Å²) < 4.78 is 0.